The summed E-state index contributed by atoms with van der Waals surface area (Å²) in [7, 11) is -3.12. The third kappa shape index (κ3) is 5.78. The number of amidine groups is 1. The Balaban J connectivity index is 4.53. The Labute approximate surface area is 116 Å². The van der Waals surface area contributed by atoms with Crippen LogP contribution in [-0.2, 0) is 9.84 Å². The van der Waals surface area contributed by atoms with Crippen molar-refractivity contribution in [1.82, 2.24) is 4.90 Å². The molecule has 0 aliphatic heterocycles. The van der Waals surface area contributed by atoms with E-state index in [-0.39, 0.29) is 17.5 Å². The Hall–Kier alpha value is -0.820. The first-order chi connectivity index (χ1) is 8.55. The third-order valence-corrected chi connectivity index (χ3v) is 5.79. The maximum atomic E-state index is 12.0. The Morgan fingerprint density at radius 1 is 1.42 bits per heavy atom. The zero-order valence-electron chi connectivity index (χ0n) is 12.5. The number of sulfone groups is 1. The minimum Gasteiger partial charge on any atom is -0.409 e. The van der Waals surface area contributed by atoms with Gasteiger partial charge >= 0.3 is 0 Å². The summed E-state index contributed by atoms with van der Waals surface area (Å²) >= 11 is 0. The average Bonchev–Trinajstić information content (AvgIpc) is 2.31. The highest BCUT2D eigenvalue weighted by Gasteiger charge is 2.29. The van der Waals surface area contributed by atoms with E-state index in [1.54, 1.807) is 20.8 Å². The standard InChI is InChI=1S/C12H27N3O3S/c1-6-15(9-10(2)11(13)14-16)7-8-19(17,18)12(3,4)5/h10,16H,6-9H2,1-5H3,(H2,13,14). The molecule has 19 heavy (non-hydrogen) atoms. The van der Waals surface area contributed by atoms with Crippen LogP contribution >= 0.6 is 0 Å². The topological polar surface area (TPSA) is 96.0 Å². The second-order valence-electron chi connectivity index (χ2n) is 5.75. The van der Waals surface area contributed by atoms with Gasteiger partial charge in [0.1, 0.15) is 5.84 Å². The Kier molecular flexibility index (Phi) is 6.79. The molecule has 0 saturated heterocycles. The molecule has 0 amide bonds. The highest BCUT2D eigenvalue weighted by Crippen LogP contribution is 2.16. The predicted octanol–water partition coefficient (Wildman–Crippen LogP) is 0.904. The molecular weight excluding hydrogens is 266 g/mol. The van der Waals surface area contributed by atoms with Crippen molar-refractivity contribution in [3.63, 3.8) is 0 Å². The monoisotopic (exact) mass is 293 g/mol. The number of nitrogens with two attached hydrogens (primary N) is 1. The van der Waals surface area contributed by atoms with Crippen LogP contribution in [-0.4, -0.2) is 54.5 Å². The first kappa shape index (κ1) is 18.2. The van der Waals surface area contributed by atoms with Gasteiger partial charge in [-0.05, 0) is 27.3 Å². The molecule has 0 rings (SSSR count). The number of hydrogen-bond donors (Lipinski definition) is 2. The fraction of sp³-hybridized carbons (Fsp3) is 0.917. The Bertz CT molecular complexity index is 399. The van der Waals surface area contributed by atoms with Gasteiger partial charge in [0.05, 0.1) is 10.5 Å². The Morgan fingerprint density at radius 3 is 2.32 bits per heavy atom. The van der Waals surface area contributed by atoms with Gasteiger partial charge in [-0.2, -0.15) is 0 Å². The largest absolute Gasteiger partial charge is 0.409 e. The number of nitrogens with zero attached hydrogens (tertiary/aromatic N) is 2. The molecule has 0 aliphatic carbocycles. The van der Waals surface area contributed by atoms with Crippen LogP contribution in [0.3, 0.4) is 0 Å². The second kappa shape index (κ2) is 7.09. The van der Waals surface area contributed by atoms with Gasteiger partial charge in [-0.25, -0.2) is 8.42 Å². The molecule has 7 heteroatoms. The van der Waals surface area contributed by atoms with E-state index in [1.165, 1.54) is 0 Å². The summed E-state index contributed by atoms with van der Waals surface area (Å²) in [6.45, 7) is 10.7. The number of oxime groups is 1. The van der Waals surface area contributed by atoms with E-state index in [9.17, 15) is 8.42 Å². The zero-order valence-corrected chi connectivity index (χ0v) is 13.4. The van der Waals surface area contributed by atoms with E-state index in [2.05, 4.69) is 5.16 Å². The van der Waals surface area contributed by atoms with E-state index >= 15 is 0 Å². The van der Waals surface area contributed by atoms with Crippen LogP contribution in [0.2, 0.25) is 0 Å². The lowest BCUT2D eigenvalue weighted by atomic mass is 10.1. The van der Waals surface area contributed by atoms with Gasteiger partial charge in [0.25, 0.3) is 0 Å². The van der Waals surface area contributed by atoms with Crippen LogP contribution in [0.15, 0.2) is 5.16 Å². The van der Waals surface area contributed by atoms with Gasteiger partial charge in [-0.3, -0.25) is 0 Å². The smallest absolute Gasteiger partial charge is 0.156 e. The minimum atomic E-state index is -3.12. The molecule has 1 unspecified atom stereocenters. The predicted molar refractivity (Wildman–Crippen MR) is 78.2 cm³/mol. The van der Waals surface area contributed by atoms with Crippen molar-refractivity contribution in [3.05, 3.63) is 0 Å². The SMILES string of the molecule is CCN(CCS(=O)(=O)C(C)(C)C)CC(C)C(N)=NO. The summed E-state index contributed by atoms with van der Waals surface area (Å²) in [4.78, 5) is 1.99. The molecule has 0 radical (unpaired) electrons. The molecule has 0 heterocycles. The quantitative estimate of drug-likeness (QED) is 0.315. The minimum absolute atomic E-state index is 0.109. The Morgan fingerprint density at radius 2 is 1.95 bits per heavy atom. The molecule has 0 aromatic heterocycles. The van der Waals surface area contributed by atoms with Crippen LogP contribution in [0.5, 0.6) is 0 Å². The number of rotatable bonds is 7. The molecule has 114 valence electrons. The van der Waals surface area contributed by atoms with Gasteiger partial charge in [-0.15, -0.1) is 0 Å². The van der Waals surface area contributed by atoms with Crippen molar-refractivity contribution in [3.8, 4) is 0 Å². The van der Waals surface area contributed by atoms with E-state index in [0.717, 1.165) is 6.54 Å². The second-order valence-corrected chi connectivity index (χ2v) is 8.61. The summed E-state index contributed by atoms with van der Waals surface area (Å²) in [5.74, 6) is 0.173. The van der Waals surface area contributed by atoms with Gasteiger partial charge < -0.3 is 15.8 Å². The van der Waals surface area contributed by atoms with Crippen LogP contribution in [0.4, 0.5) is 0 Å². The lowest BCUT2D eigenvalue weighted by Crippen LogP contribution is -2.40. The first-order valence-corrected chi connectivity index (χ1v) is 8.12. The summed E-state index contributed by atoms with van der Waals surface area (Å²) in [5.41, 5.74) is 5.53. The molecule has 1 atom stereocenters. The number of hydrogen-bond acceptors (Lipinski definition) is 5. The van der Waals surface area contributed by atoms with Gasteiger partial charge in [0, 0.05) is 19.0 Å². The lowest BCUT2D eigenvalue weighted by molar-refractivity contribution is 0.276. The van der Waals surface area contributed by atoms with Crippen molar-refractivity contribution < 1.29 is 13.6 Å². The van der Waals surface area contributed by atoms with Gasteiger partial charge in [0.15, 0.2) is 9.84 Å². The van der Waals surface area contributed by atoms with Crippen molar-refractivity contribution in [1.29, 1.82) is 0 Å². The lowest BCUT2D eigenvalue weighted by Gasteiger charge is -2.26. The van der Waals surface area contributed by atoms with Crippen molar-refractivity contribution in [2.45, 2.75) is 39.4 Å². The van der Waals surface area contributed by atoms with E-state index in [1.807, 2.05) is 18.7 Å². The van der Waals surface area contributed by atoms with E-state index in [0.29, 0.717) is 13.1 Å². The highest BCUT2D eigenvalue weighted by molar-refractivity contribution is 7.92. The molecule has 0 aromatic carbocycles. The maximum absolute atomic E-state index is 12.0. The molecule has 0 bridgehead atoms. The summed E-state index contributed by atoms with van der Waals surface area (Å²) in [6.07, 6.45) is 0. The molecule has 0 aliphatic rings. The molecule has 0 aromatic rings. The molecule has 0 spiro atoms. The average molecular weight is 293 g/mol. The van der Waals surface area contributed by atoms with E-state index < -0.39 is 14.6 Å². The third-order valence-electron chi connectivity index (χ3n) is 3.21. The molecular formula is C12H27N3O3S. The summed E-state index contributed by atoms with van der Waals surface area (Å²) in [5, 5.41) is 11.6. The molecule has 3 N–H and O–H groups in total. The van der Waals surface area contributed by atoms with Gasteiger partial charge in [0.2, 0.25) is 0 Å². The van der Waals surface area contributed by atoms with Crippen LogP contribution in [0.1, 0.15) is 34.6 Å². The summed E-state index contributed by atoms with van der Waals surface area (Å²) in [6, 6.07) is 0. The molecule has 6 nitrogen and oxygen atoms in total. The fourth-order valence-electron chi connectivity index (χ4n) is 1.51. The highest BCUT2D eigenvalue weighted by atomic mass is 32.2. The molecule has 0 saturated carbocycles. The maximum Gasteiger partial charge on any atom is 0.156 e. The van der Waals surface area contributed by atoms with Crippen LogP contribution < -0.4 is 5.73 Å². The van der Waals surface area contributed by atoms with Crippen molar-refractivity contribution >= 4 is 15.7 Å². The van der Waals surface area contributed by atoms with Crippen molar-refractivity contribution in [2.24, 2.45) is 16.8 Å². The fourth-order valence-corrected chi connectivity index (χ4v) is 2.62. The molecule has 0 fully saturated rings. The van der Waals surface area contributed by atoms with Gasteiger partial charge in [-0.1, -0.05) is 19.0 Å². The first-order valence-electron chi connectivity index (χ1n) is 6.47. The van der Waals surface area contributed by atoms with Crippen molar-refractivity contribution in [2.75, 3.05) is 25.4 Å². The normalized spacial score (nSPS) is 15.8. The van der Waals surface area contributed by atoms with E-state index in [4.69, 9.17) is 10.9 Å². The zero-order chi connectivity index (χ0) is 15.3. The summed E-state index contributed by atoms with van der Waals surface area (Å²) < 4.78 is 23.3. The van der Waals surface area contributed by atoms with Crippen LogP contribution in [0.25, 0.3) is 0 Å². The van der Waals surface area contributed by atoms with Crippen LogP contribution in [0, 0.1) is 5.92 Å².